The molecule has 0 heterocycles. The van der Waals surface area contributed by atoms with Crippen LogP contribution in [0.2, 0.25) is 0 Å². The highest BCUT2D eigenvalue weighted by atomic mass is 16.5. The summed E-state index contributed by atoms with van der Waals surface area (Å²) in [5.74, 6) is 0.715. The number of esters is 1. The minimum absolute atomic E-state index is 0.165. The zero-order valence-corrected chi connectivity index (χ0v) is 11.2. The van der Waals surface area contributed by atoms with Gasteiger partial charge in [0.2, 0.25) is 0 Å². The molecular weight excluding hydrogens is 230 g/mol. The van der Waals surface area contributed by atoms with Crippen molar-refractivity contribution in [3.05, 3.63) is 29.8 Å². The van der Waals surface area contributed by atoms with Crippen LogP contribution in [0.5, 0.6) is 5.75 Å². The molecular formula is C14H21NO3. The number of nitrogens with one attached hydrogen (secondary N) is 1. The van der Waals surface area contributed by atoms with Gasteiger partial charge >= 0.3 is 5.97 Å². The Balaban J connectivity index is 2.40. The maximum Gasteiger partial charge on any atom is 0.305 e. The van der Waals surface area contributed by atoms with Crippen LogP contribution in [0.15, 0.2) is 24.3 Å². The second-order valence-electron chi connectivity index (χ2n) is 4.10. The van der Waals surface area contributed by atoms with Crippen LogP contribution in [-0.4, -0.2) is 26.7 Å². The molecule has 1 atom stereocenters. The topological polar surface area (TPSA) is 47.6 Å². The van der Waals surface area contributed by atoms with Gasteiger partial charge in [-0.2, -0.15) is 0 Å². The highest BCUT2D eigenvalue weighted by molar-refractivity contribution is 5.69. The number of hydrogen-bond acceptors (Lipinski definition) is 4. The first-order valence-corrected chi connectivity index (χ1v) is 6.12. The molecule has 1 N–H and O–H groups in total. The lowest BCUT2D eigenvalue weighted by atomic mass is 10.1. The van der Waals surface area contributed by atoms with Crippen LogP contribution >= 0.6 is 0 Å². The van der Waals surface area contributed by atoms with Gasteiger partial charge in [-0.25, -0.2) is 0 Å². The van der Waals surface area contributed by atoms with Crippen molar-refractivity contribution in [2.45, 2.75) is 25.8 Å². The van der Waals surface area contributed by atoms with Crippen LogP contribution in [0.1, 0.15) is 31.4 Å². The summed E-state index contributed by atoms with van der Waals surface area (Å²) >= 11 is 0. The van der Waals surface area contributed by atoms with Gasteiger partial charge in [-0.05, 0) is 26.0 Å². The number of ether oxygens (including phenoxy) is 2. The summed E-state index contributed by atoms with van der Waals surface area (Å²) in [5.41, 5.74) is 1.12. The van der Waals surface area contributed by atoms with E-state index in [1.54, 1.807) is 7.11 Å². The average Bonchev–Trinajstić information content (AvgIpc) is 2.42. The third kappa shape index (κ3) is 4.37. The van der Waals surface area contributed by atoms with E-state index in [4.69, 9.17) is 4.74 Å². The van der Waals surface area contributed by atoms with Gasteiger partial charge in [0.1, 0.15) is 5.75 Å². The lowest BCUT2D eigenvalue weighted by molar-refractivity contribution is -0.140. The van der Waals surface area contributed by atoms with Crippen LogP contribution in [-0.2, 0) is 9.53 Å². The van der Waals surface area contributed by atoms with Gasteiger partial charge in [0.15, 0.2) is 0 Å². The lowest BCUT2D eigenvalue weighted by Gasteiger charge is -2.17. The summed E-state index contributed by atoms with van der Waals surface area (Å²) in [6.07, 6.45) is 1.22. The monoisotopic (exact) mass is 251 g/mol. The Bertz CT molecular complexity index is 379. The van der Waals surface area contributed by atoms with E-state index >= 15 is 0 Å². The molecule has 0 unspecified atom stereocenters. The predicted octanol–water partition coefficient (Wildman–Crippen LogP) is 2.30. The first kappa shape index (κ1) is 14.5. The molecule has 0 bridgehead atoms. The predicted molar refractivity (Wildman–Crippen MR) is 70.7 cm³/mol. The van der Waals surface area contributed by atoms with Gasteiger partial charge in [-0.3, -0.25) is 4.79 Å². The van der Waals surface area contributed by atoms with E-state index in [0.717, 1.165) is 24.3 Å². The van der Waals surface area contributed by atoms with Gasteiger partial charge in [0, 0.05) is 18.0 Å². The summed E-state index contributed by atoms with van der Waals surface area (Å²) in [6, 6.07) is 8.12. The van der Waals surface area contributed by atoms with Crippen molar-refractivity contribution in [2.75, 3.05) is 20.8 Å². The molecule has 0 aliphatic rings. The summed E-state index contributed by atoms with van der Waals surface area (Å²) in [6.45, 7) is 2.85. The number of hydrogen-bond donors (Lipinski definition) is 1. The van der Waals surface area contributed by atoms with Crippen LogP contribution in [0.25, 0.3) is 0 Å². The fraction of sp³-hybridized carbons (Fsp3) is 0.500. The van der Waals surface area contributed by atoms with Crippen molar-refractivity contribution in [1.82, 2.24) is 5.32 Å². The summed E-state index contributed by atoms with van der Waals surface area (Å²) in [5, 5.41) is 3.37. The molecule has 4 heteroatoms. The molecule has 0 aromatic heterocycles. The number of benzene rings is 1. The summed E-state index contributed by atoms with van der Waals surface area (Å²) in [7, 11) is 3.08. The van der Waals surface area contributed by atoms with Gasteiger partial charge in [0.25, 0.3) is 0 Å². The van der Waals surface area contributed by atoms with E-state index in [0.29, 0.717) is 6.42 Å². The zero-order valence-electron chi connectivity index (χ0n) is 11.2. The van der Waals surface area contributed by atoms with Crippen LogP contribution < -0.4 is 10.1 Å². The molecule has 0 aliphatic carbocycles. The molecule has 18 heavy (non-hydrogen) atoms. The van der Waals surface area contributed by atoms with Crippen molar-refractivity contribution < 1.29 is 14.3 Å². The van der Waals surface area contributed by atoms with Gasteiger partial charge < -0.3 is 14.8 Å². The average molecular weight is 251 g/mol. The zero-order chi connectivity index (χ0) is 13.4. The minimum atomic E-state index is -0.165. The fourth-order valence-corrected chi connectivity index (χ4v) is 1.79. The molecule has 0 radical (unpaired) electrons. The van der Waals surface area contributed by atoms with Crippen LogP contribution in [0.3, 0.4) is 0 Å². The number of methoxy groups -OCH3 is 2. The molecule has 100 valence electrons. The van der Waals surface area contributed by atoms with E-state index in [1.807, 2.05) is 24.3 Å². The van der Waals surface area contributed by atoms with Crippen molar-refractivity contribution in [3.63, 3.8) is 0 Å². The largest absolute Gasteiger partial charge is 0.496 e. The first-order chi connectivity index (χ1) is 8.69. The first-order valence-electron chi connectivity index (χ1n) is 6.12. The van der Waals surface area contributed by atoms with Crippen molar-refractivity contribution >= 4 is 5.97 Å². The molecule has 0 aliphatic heterocycles. The molecule has 0 saturated carbocycles. The van der Waals surface area contributed by atoms with Crippen LogP contribution in [0, 0.1) is 0 Å². The molecule has 1 rings (SSSR count). The molecule has 0 spiro atoms. The van der Waals surface area contributed by atoms with Crippen molar-refractivity contribution in [2.24, 2.45) is 0 Å². The minimum Gasteiger partial charge on any atom is -0.496 e. The quantitative estimate of drug-likeness (QED) is 0.596. The van der Waals surface area contributed by atoms with E-state index in [9.17, 15) is 4.79 Å². The van der Waals surface area contributed by atoms with Gasteiger partial charge in [-0.15, -0.1) is 0 Å². The highest BCUT2D eigenvalue weighted by Gasteiger charge is 2.09. The molecule has 0 fully saturated rings. The standard InChI is InChI=1S/C14H21NO3/c1-11(15-10-6-9-14(16)18-3)12-7-4-5-8-13(12)17-2/h4-5,7-8,11,15H,6,9-10H2,1-3H3/t11-/m1/s1. The Morgan fingerprint density at radius 1 is 1.33 bits per heavy atom. The Labute approximate surface area is 108 Å². The van der Waals surface area contributed by atoms with E-state index in [2.05, 4.69) is 17.0 Å². The Morgan fingerprint density at radius 2 is 2.06 bits per heavy atom. The number of carbonyl (C=O) groups excluding carboxylic acids is 1. The molecule has 1 aromatic rings. The highest BCUT2D eigenvalue weighted by Crippen LogP contribution is 2.24. The Hall–Kier alpha value is -1.55. The molecule has 0 saturated heterocycles. The van der Waals surface area contributed by atoms with Crippen molar-refractivity contribution in [3.8, 4) is 5.75 Å². The summed E-state index contributed by atoms with van der Waals surface area (Å²) < 4.78 is 9.91. The fourth-order valence-electron chi connectivity index (χ4n) is 1.79. The maximum atomic E-state index is 11.0. The molecule has 4 nitrogen and oxygen atoms in total. The third-order valence-corrected chi connectivity index (χ3v) is 2.84. The van der Waals surface area contributed by atoms with Crippen molar-refractivity contribution in [1.29, 1.82) is 0 Å². The van der Waals surface area contributed by atoms with E-state index in [-0.39, 0.29) is 12.0 Å². The normalized spacial score (nSPS) is 11.9. The second-order valence-corrected chi connectivity index (χ2v) is 4.10. The second kappa shape index (κ2) is 7.71. The van der Waals surface area contributed by atoms with E-state index in [1.165, 1.54) is 7.11 Å². The third-order valence-electron chi connectivity index (χ3n) is 2.84. The number of para-hydroxylation sites is 1. The maximum absolute atomic E-state index is 11.0. The SMILES string of the molecule is COC(=O)CCCN[C@H](C)c1ccccc1OC. The lowest BCUT2D eigenvalue weighted by Crippen LogP contribution is -2.21. The van der Waals surface area contributed by atoms with Gasteiger partial charge in [0.05, 0.1) is 14.2 Å². The Kier molecular flexibility index (Phi) is 6.22. The van der Waals surface area contributed by atoms with Gasteiger partial charge in [-0.1, -0.05) is 18.2 Å². The number of carbonyl (C=O) groups is 1. The summed E-state index contributed by atoms with van der Waals surface area (Å²) in [4.78, 5) is 11.0. The molecule has 1 aromatic carbocycles. The van der Waals surface area contributed by atoms with E-state index < -0.39 is 0 Å². The number of rotatable bonds is 7. The van der Waals surface area contributed by atoms with Crippen LogP contribution in [0.4, 0.5) is 0 Å². The Morgan fingerprint density at radius 3 is 2.72 bits per heavy atom. The molecule has 0 amide bonds. The smallest absolute Gasteiger partial charge is 0.305 e.